The summed E-state index contributed by atoms with van der Waals surface area (Å²) in [5.41, 5.74) is 0.309. The average Bonchev–Trinajstić information content (AvgIpc) is 2.28. The van der Waals surface area contributed by atoms with Crippen LogP contribution < -0.4 is 0 Å². The van der Waals surface area contributed by atoms with E-state index in [2.05, 4.69) is 0 Å². The molecule has 0 amide bonds. The molecule has 0 aliphatic carbocycles. The molecule has 16 heavy (non-hydrogen) atoms. The molecule has 1 aromatic carbocycles. The van der Waals surface area contributed by atoms with Gasteiger partial charge in [0.15, 0.2) is 5.34 Å². The Hall–Kier alpha value is -0.380. The van der Waals surface area contributed by atoms with Gasteiger partial charge in [0.1, 0.15) is 0 Å². The molecular formula is C10H14ClO4P. The van der Waals surface area contributed by atoms with Crippen molar-refractivity contribution in [2.75, 3.05) is 14.2 Å². The van der Waals surface area contributed by atoms with Gasteiger partial charge in [-0.15, -0.1) is 0 Å². The maximum atomic E-state index is 12.2. The Kier molecular flexibility index (Phi) is 4.16. The molecule has 1 rings (SSSR count). The third-order valence-electron chi connectivity index (χ3n) is 2.40. The fourth-order valence-corrected chi connectivity index (χ4v) is 3.16. The molecule has 0 unspecified atom stereocenters. The van der Waals surface area contributed by atoms with Crippen LogP contribution in [-0.4, -0.2) is 19.3 Å². The maximum absolute atomic E-state index is 12.2. The van der Waals surface area contributed by atoms with Crippen molar-refractivity contribution < 1.29 is 18.7 Å². The highest BCUT2D eigenvalue weighted by Crippen LogP contribution is 2.63. The molecule has 1 aromatic rings. The highest BCUT2D eigenvalue weighted by atomic mass is 35.5. The number of rotatable bonds is 4. The first-order valence-corrected chi connectivity index (χ1v) is 6.50. The summed E-state index contributed by atoms with van der Waals surface area (Å²) in [6.45, 7) is 1.35. The van der Waals surface area contributed by atoms with Crippen LogP contribution in [0.2, 0.25) is 5.02 Å². The highest BCUT2D eigenvalue weighted by Gasteiger charge is 2.47. The summed E-state index contributed by atoms with van der Waals surface area (Å²) < 4.78 is 21.7. The van der Waals surface area contributed by atoms with Crippen LogP contribution in [-0.2, 0) is 19.0 Å². The number of halogens is 1. The van der Waals surface area contributed by atoms with E-state index in [1.54, 1.807) is 24.3 Å². The minimum atomic E-state index is -3.66. The molecule has 0 spiro atoms. The number of hydrogen-bond acceptors (Lipinski definition) is 4. The van der Waals surface area contributed by atoms with E-state index < -0.39 is 12.9 Å². The zero-order valence-electron chi connectivity index (χ0n) is 9.31. The van der Waals surface area contributed by atoms with Crippen molar-refractivity contribution in [2.24, 2.45) is 0 Å². The second-order valence-electron chi connectivity index (χ2n) is 3.36. The average molecular weight is 265 g/mol. The van der Waals surface area contributed by atoms with Crippen LogP contribution in [0.5, 0.6) is 0 Å². The molecule has 0 aromatic heterocycles. The lowest BCUT2D eigenvalue weighted by atomic mass is 10.1. The predicted octanol–water partition coefficient (Wildman–Crippen LogP) is 2.99. The van der Waals surface area contributed by atoms with Gasteiger partial charge in [0, 0.05) is 24.8 Å². The van der Waals surface area contributed by atoms with Crippen LogP contribution in [0.15, 0.2) is 24.3 Å². The number of aliphatic hydroxyl groups is 1. The van der Waals surface area contributed by atoms with Crippen LogP contribution in [0.1, 0.15) is 12.5 Å². The fourth-order valence-electron chi connectivity index (χ4n) is 1.42. The van der Waals surface area contributed by atoms with E-state index in [4.69, 9.17) is 20.6 Å². The Balaban J connectivity index is 3.31. The summed E-state index contributed by atoms with van der Waals surface area (Å²) in [5.74, 6) is 0. The van der Waals surface area contributed by atoms with Crippen molar-refractivity contribution in [3.8, 4) is 0 Å². The summed E-state index contributed by atoms with van der Waals surface area (Å²) >= 11 is 5.94. The van der Waals surface area contributed by atoms with Gasteiger partial charge in [0.05, 0.1) is 0 Å². The van der Waals surface area contributed by atoms with E-state index in [0.29, 0.717) is 10.6 Å². The summed E-state index contributed by atoms with van der Waals surface area (Å²) in [7, 11) is -1.23. The standard InChI is InChI=1S/C10H14ClO4P/c1-10(12,16(13,14-2)15-3)8-6-4-5-7-9(8)11/h4-7,12H,1-3H3/t10-/m0/s1. The van der Waals surface area contributed by atoms with Gasteiger partial charge in [-0.2, -0.15) is 0 Å². The minimum Gasteiger partial charge on any atom is -0.373 e. The van der Waals surface area contributed by atoms with E-state index in [1.807, 2.05) is 0 Å². The smallest absolute Gasteiger partial charge is 0.365 e. The normalized spacial score (nSPS) is 15.8. The van der Waals surface area contributed by atoms with Crippen molar-refractivity contribution in [1.82, 2.24) is 0 Å². The number of benzene rings is 1. The maximum Gasteiger partial charge on any atom is 0.365 e. The van der Waals surface area contributed by atoms with Gasteiger partial charge < -0.3 is 14.2 Å². The largest absolute Gasteiger partial charge is 0.373 e. The summed E-state index contributed by atoms with van der Waals surface area (Å²) in [4.78, 5) is 0. The first-order valence-electron chi connectivity index (χ1n) is 4.58. The summed E-state index contributed by atoms with van der Waals surface area (Å²) in [6.07, 6.45) is 0. The topological polar surface area (TPSA) is 55.8 Å². The molecule has 0 saturated heterocycles. The van der Waals surface area contributed by atoms with Gasteiger partial charge in [-0.1, -0.05) is 29.8 Å². The Bertz CT molecular complexity index is 411. The fraction of sp³-hybridized carbons (Fsp3) is 0.400. The van der Waals surface area contributed by atoms with Crippen molar-refractivity contribution in [3.05, 3.63) is 34.9 Å². The Morgan fingerprint density at radius 2 is 1.81 bits per heavy atom. The van der Waals surface area contributed by atoms with Gasteiger partial charge >= 0.3 is 7.60 Å². The van der Waals surface area contributed by atoms with Crippen molar-refractivity contribution in [2.45, 2.75) is 12.3 Å². The molecule has 0 heterocycles. The van der Waals surface area contributed by atoms with Crippen LogP contribution >= 0.6 is 19.2 Å². The van der Waals surface area contributed by atoms with Gasteiger partial charge in [0.25, 0.3) is 0 Å². The van der Waals surface area contributed by atoms with E-state index in [1.165, 1.54) is 21.1 Å². The van der Waals surface area contributed by atoms with Crippen LogP contribution in [0.25, 0.3) is 0 Å². The second kappa shape index (κ2) is 4.86. The van der Waals surface area contributed by atoms with E-state index in [-0.39, 0.29) is 0 Å². The van der Waals surface area contributed by atoms with Crippen molar-refractivity contribution in [3.63, 3.8) is 0 Å². The Morgan fingerprint density at radius 3 is 2.25 bits per heavy atom. The third kappa shape index (κ3) is 2.17. The zero-order chi connectivity index (χ0) is 12.4. The molecule has 0 aliphatic rings. The van der Waals surface area contributed by atoms with E-state index in [9.17, 15) is 9.67 Å². The molecule has 0 bridgehead atoms. The second-order valence-corrected chi connectivity index (χ2v) is 6.37. The molecule has 0 saturated carbocycles. The lowest BCUT2D eigenvalue weighted by Crippen LogP contribution is -2.23. The number of hydrogen-bond donors (Lipinski definition) is 1. The van der Waals surface area contributed by atoms with Crippen LogP contribution in [0.3, 0.4) is 0 Å². The predicted molar refractivity (Wildman–Crippen MR) is 62.6 cm³/mol. The van der Waals surface area contributed by atoms with Gasteiger partial charge in [0.2, 0.25) is 0 Å². The molecule has 1 N–H and O–H groups in total. The monoisotopic (exact) mass is 264 g/mol. The van der Waals surface area contributed by atoms with Gasteiger partial charge in [-0.05, 0) is 13.0 Å². The molecule has 6 heteroatoms. The SMILES string of the molecule is COP(=O)(OC)[C@](C)(O)c1ccccc1Cl. The third-order valence-corrected chi connectivity index (χ3v) is 5.00. The Labute approximate surface area is 99.7 Å². The van der Waals surface area contributed by atoms with Crippen LogP contribution in [0.4, 0.5) is 0 Å². The lowest BCUT2D eigenvalue weighted by molar-refractivity contribution is 0.0933. The molecular weight excluding hydrogens is 251 g/mol. The molecule has 90 valence electrons. The highest BCUT2D eigenvalue weighted by molar-refractivity contribution is 7.54. The van der Waals surface area contributed by atoms with Gasteiger partial charge in [-0.25, -0.2) is 0 Å². The zero-order valence-corrected chi connectivity index (χ0v) is 11.0. The summed E-state index contributed by atoms with van der Waals surface area (Å²) in [6, 6.07) is 6.58. The first-order chi connectivity index (χ1) is 7.39. The van der Waals surface area contributed by atoms with Crippen molar-refractivity contribution >= 4 is 19.2 Å². The van der Waals surface area contributed by atoms with E-state index >= 15 is 0 Å². The van der Waals surface area contributed by atoms with Crippen molar-refractivity contribution in [1.29, 1.82) is 0 Å². The molecule has 0 fully saturated rings. The molecule has 1 atom stereocenters. The summed E-state index contributed by atoms with van der Waals surface area (Å²) in [5, 5.41) is 8.81. The first kappa shape index (κ1) is 13.7. The molecule has 0 radical (unpaired) electrons. The minimum absolute atomic E-state index is 0.307. The molecule has 4 nitrogen and oxygen atoms in total. The van der Waals surface area contributed by atoms with E-state index in [0.717, 1.165) is 0 Å². The Morgan fingerprint density at radius 1 is 1.31 bits per heavy atom. The lowest BCUT2D eigenvalue weighted by Gasteiger charge is -2.30. The molecule has 0 aliphatic heterocycles. The van der Waals surface area contributed by atoms with Gasteiger partial charge in [-0.3, -0.25) is 4.57 Å². The quantitative estimate of drug-likeness (QED) is 0.850. The van der Waals surface area contributed by atoms with Crippen LogP contribution in [0, 0.1) is 0 Å².